The Hall–Kier alpha value is -1.84. The lowest BCUT2D eigenvalue weighted by molar-refractivity contribution is -0.120. The van der Waals surface area contributed by atoms with Gasteiger partial charge in [0.1, 0.15) is 6.04 Å². The summed E-state index contributed by atoms with van der Waals surface area (Å²) in [5, 5.41) is 4.76. The number of rotatable bonds is 1. The van der Waals surface area contributed by atoms with Crippen LogP contribution in [0.25, 0.3) is 0 Å². The number of hydrogen-bond acceptors (Lipinski definition) is 2. The van der Waals surface area contributed by atoms with E-state index >= 15 is 0 Å². The fourth-order valence-electron chi connectivity index (χ4n) is 1.55. The Morgan fingerprint density at radius 1 is 1.21 bits per heavy atom. The van der Waals surface area contributed by atoms with E-state index in [0.717, 1.165) is 11.1 Å². The van der Waals surface area contributed by atoms with E-state index in [1.165, 1.54) is 0 Å². The van der Waals surface area contributed by atoms with Crippen molar-refractivity contribution in [3.63, 3.8) is 0 Å². The molecule has 0 spiro atoms. The molecule has 0 saturated carbocycles. The van der Waals surface area contributed by atoms with E-state index in [-0.39, 0.29) is 5.91 Å². The van der Waals surface area contributed by atoms with Crippen LogP contribution in [0.5, 0.6) is 0 Å². The van der Waals surface area contributed by atoms with Crippen molar-refractivity contribution in [2.45, 2.75) is 13.0 Å². The monoisotopic (exact) mass is 190 g/mol. The highest BCUT2D eigenvalue weighted by Crippen LogP contribution is 2.19. The summed E-state index contributed by atoms with van der Waals surface area (Å²) in [7, 11) is 0. The Morgan fingerprint density at radius 2 is 1.93 bits per heavy atom. The molecule has 14 heavy (non-hydrogen) atoms. The molecule has 1 aliphatic heterocycles. The number of benzene rings is 1. The van der Waals surface area contributed by atoms with Crippen molar-refractivity contribution in [3.05, 3.63) is 35.4 Å². The minimum absolute atomic E-state index is 0.288. The topological polar surface area (TPSA) is 58.2 Å². The van der Waals surface area contributed by atoms with E-state index in [9.17, 15) is 9.59 Å². The summed E-state index contributed by atoms with van der Waals surface area (Å²) < 4.78 is 0. The average Bonchev–Trinajstić information content (AvgIpc) is 2.46. The average molecular weight is 190 g/mol. The van der Waals surface area contributed by atoms with E-state index in [0.29, 0.717) is 0 Å². The van der Waals surface area contributed by atoms with Gasteiger partial charge < -0.3 is 5.32 Å². The molecule has 1 aromatic carbocycles. The summed E-state index contributed by atoms with van der Waals surface area (Å²) >= 11 is 0. The standard InChI is InChI=1S/C10H10N2O2/c1-6-4-2-3-5-7(6)8-9(13)12-10(14)11-8/h2-5,8H,1H3,(H2,11,12,13,14)/t8-/m1/s1. The third kappa shape index (κ3) is 1.35. The molecular weight excluding hydrogens is 180 g/mol. The number of nitrogens with one attached hydrogen (secondary N) is 2. The first-order valence-corrected chi connectivity index (χ1v) is 4.35. The molecule has 2 N–H and O–H groups in total. The van der Waals surface area contributed by atoms with Gasteiger partial charge in [-0.2, -0.15) is 0 Å². The van der Waals surface area contributed by atoms with Crippen LogP contribution in [0.15, 0.2) is 24.3 Å². The zero-order chi connectivity index (χ0) is 10.1. The maximum Gasteiger partial charge on any atom is 0.322 e. The van der Waals surface area contributed by atoms with Gasteiger partial charge in [-0.15, -0.1) is 0 Å². The van der Waals surface area contributed by atoms with Gasteiger partial charge in [0.2, 0.25) is 0 Å². The number of hydrogen-bond donors (Lipinski definition) is 2. The number of amides is 3. The number of carbonyl (C=O) groups excluding carboxylic acids is 2. The third-order valence-electron chi connectivity index (χ3n) is 2.27. The number of carbonyl (C=O) groups is 2. The van der Waals surface area contributed by atoms with Gasteiger partial charge in [0.25, 0.3) is 5.91 Å². The second kappa shape index (κ2) is 3.14. The van der Waals surface area contributed by atoms with Crippen molar-refractivity contribution in [2.75, 3.05) is 0 Å². The van der Waals surface area contributed by atoms with Gasteiger partial charge >= 0.3 is 6.03 Å². The Labute approximate surface area is 81.3 Å². The minimum Gasteiger partial charge on any atom is -0.322 e. The van der Waals surface area contributed by atoms with E-state index < -0.39 is 12.1 Å². The number of urea groups is 1. The minimum atomic E-state index is -0.538. The van der Waals surface area contributed by atoms with Gasteiger partial charge in [0.15, 0.2) is 0 Å². The first-order chi connectivity index (χ1) is 6.68. The molecule has 0 bridgehead atoms. The van der Waals surface area contributed by atoms with Gasteiger partial charge in [-0.1, -0.05) is 24.3 Å². The lowest BCUT2D eigenvalue weighted by Gasteiger charge is -2.09. The van der Waals surface area contributed by atoms with Crippen molar-refractivity contribution in [2.24, 2.45) is 0 Å². The predicted molar refractivity (Wildman–Crippen MR) is 50.6 cm³/mol. The molecule has 0 aromatic heterocycles. The molecule has 0 radical (unpaired) electrons. The SMILES string of the molecule is Cc1ccccc1[C@H]1NC(=O)NC1=O. The quantitative estimate of drug-likeness (QED) is 0.646. The van der Waals surface area contributed by atoms with Gasteiger partial charge in [-0.25, -0.2) is 4.79 Å². The van der Waals surface area contributed by atoms with E-state index in [4.69, 9.17) is 0 Å². The molecule has 1 aliphatic rings. The van der Waals surface area contributed by atoms with Crippen LogP contribution in [-0.4, -0.2) is 11.9 Å². The molecule has 1 heterocycles. The molecule has 72 valence electrons. The molecule has 4 heteroatoms. The highest BCUT2D eigenvalue weighted by Gasteiger charge is 2.31. The summed E-state index contributed by atoms with van der Waals surface area (Å²) in [6.45, 7) is 1.91. The maximum atomic E-state index is 11.3. The Morgan fingerprint density at radius 3 is 2.50 bits per heavy atom. The van der Waals surface area contributed by atoms with Crippen LogP contribution in [0.1, 0.15) is 17.2 Å². The molecular formula is C10H10N2O2. The van der Waals surface area contributed by atoms with Crippen LogP contribution in [0, 0.1) is 6.92 Å². The Balaban J connectivity index is 2.36. The fraction of sp³-hybridized carbons (Fsp3) is 0.200. The first kappa shape index (κ1) is 8.74. The molecule has 1 fully saturated rings. The fourth-order valence-corrected chi connectivity index (χ4v) is 1.55. The molecule has 1 atom stereocenters. The van der Waals surface area contributed by atoms with Gasteiger partial charge in [0, 0.05) is 0 Å². The smallest absolute Gasteiger partial charge is 0.322 e. The van der Waals surface area contributed by atoms with Crippen LogP contribution in [-0.2, 0) is 4.79 Å². The Kier molecular flexibility index (Phi) is 1.96. The first-order valence-electron chi connectivity index (χ1n) is 4.35. The lowest BCUT2D eigenvalue weighted by Crippen LogP contribution is -2.22. The highest BCUT2D eigenvalue weighted by atomic mass is 16.2. The van der Waals surface area contributed by atoms with Gasteiger partial charge in [-0.05, 0) is 18.1 Å². The van der Waals surface area contributed by atoms with Crippen molar-refractivity contribution in [1.82, 2.24) is 10.6 Å². The second-order valence-corrected chi connectivity index (χ2v) is 3.25. The molecule has 1 saturated heterocycles. The van der Waals surface area contributed by atoms with Gasteiger partial charge in [0.05, 0.1) is 0 Å². The van der Waals surface area contributed by atoms with Crippen LogP contribution in [0.4, 0.5) is 4.79 Å². The Bertz CT molecular complexity index is 401. The largest absolute Gasteiger partial charge is 0.322 e. The van der Waals surface area contributed by atoms with E-state index in [2.05, 4.69) is 10.6 Å². The van der Waals surface area contributed by atoms with Crippen LogP contribution >= 0.6 is 0 Å². The molecule has 2 rings (SSSR count). The molecule has 1 aromatic rings. The summed E-state index contributed by atoms with van der Waals surface area (Å²) in [5.41, 5.74) is 1.84. The maximum absolute atomic E-state index is 11.3. The summed E-state index contributed by atoms with van der Waals surface area (Å²) in [4.78, 5) is 22.2. The highest BCUT2D eigenvalue weighted by molar-refractivity contribution is 6.04. The summed E-state index contributed by atoms with van der Waals surface area (Å²) in [6, 6.07) is 6.53. The normalized spacial score (nSPS) is 20.5. The van der Waals surface area contributed by atoms with Crippen LogP contribution < -0.4 is 10.6 Å². The van der Waals surface area contributed by atoms with Crippen LogP contribution in [0.2, 0.25) is 0 Å². The van der Waals surface area contributed by atoms with Crippen molar-refractivity contribution >= 4 is 11.9 Å². The van der Waals surface area contributed by atoms with E-state index in [1.807, 2.05) is 31.2 Å². The molecule has 0 unspecified atom stereocenters. The van der Waals surface area contributed by atoms with Crippen molar-refractivity contribution in [3.8, 4) is 0 Å². The molecule has 0 aliphatic carbocycles. The summed E-state index contributed by atoms with van der Waals surface area (Å²) in [5.74, 6) is -0.288. The number of imide groups is 1. The zero-order valence-corrected chi connectivity index (χ0v) is 7.70. The van der Waals surface area contributed by atoms with E-state index in [1.54, 1.807) is 0 Å². The third-order valence-corrected chi connectivity index (χ3v) is 2.27. The predicted octanol–water partition coefficient (Wildman–Crippen LogP) is 0.876. The van der Waals surface area contributed by atoms with Crippen molar-refractivity contribution < 1.29 is 9.59 Å². The second-order valence-electron chi connectivity index (χ2n) is 3.25. The van der Waals surface area contributed by atoms with Crippen LogP contribution in [0.3, 0.4) is 0 Å². The lowest BCUT2D eigenvalue weighted by atomic mass is 10.0. The van der Waals surface area contributed by atoms with Crippen molar-refractivity contribution in [1.29, 1.82) is 0 Å². The molecule has 3 amide bonds. The zero-order valence-electron chi connectivity index (χ0n) is 7.70. The summed E-state index contributed by atoms with van der Waals surface area (Å²) in [6.07, 6.45) is 0. The molecule has 4 nitrogen and oxygen atoms in total. The van der Waals surface area contributed by atoms with Gasteiger partial charge in [-0.3, -0.25) is 10.1 Å². The number of aryl methyl sites for hydroxylation is 1.